The van der Waals surface area contributed by atoms with E-state index in [0.717, 1.165) is 38.5 Å². The molecule has 0 fully saturated rings. The maximum absolute atomic E-state index is 12.0. The Labute approximate surface area is 186 Å². The van der Waals surface area contributed by atoms with Gasteiger partial charge >= 0.3 is 41.5 Å². The Bertz CT molecular complexity index is 522. The standard InChI is InChI=1S/C18H34O7S.Na/c1-5-9-14(7-3)12-24-17(19)11-16(26(21,22)23)18(20)25-13-15(8-4)10-6-2;/h14-16H,5-13H2,1-4H3,(H,21,22,23);/q;+1/p-1. The van der Waals surface area contributed by atoms with E-state index in [1.54, 1.807) is 0 Å². The van der Waals surface area contributed by atoms with Gasteiger partial charge in [0, 0.05) is 0 Å². The predicted molar refractivity (Wildman–Crippen MR) is 97.4 cm³/mol. The summed E-state index contributed by atoms with van der Waals surface area (Å²) in [5.41, 5.74) is 0. The molecular weight excluding hydrogens is 383 g/mol. The molecule has 0 bridgehead atoms. The molecule has 0 amide bonds. The normalized spacial score (nSPS) is 14.6. The van der Waals surface area contributed by atoms with E-state index >= 15 is 0 Å². The molecule has 0 radical (unpaired) electrons. The van der Waals surface area contributed by atoms with Crippen molar-refractivity contribution in [2.24, 2.45) is 11.8 Å². The van der Waals surface area contributed by atoms with Crippen LogP contribution >= 0.6 is 0 Å². The number of esters is 2. The minimum Gasteiger partial charge on any atom is -0.747 e. The quantitative estimate of drug-likeness (QED) is 0.223. The van der Waals surface area contributed by atoms with Crippen LogP contribution in [-0.4, -0.2) is 43.4 Å². The van der Waals surface area contributed by atoms with Crippen LogP contribution in [0.4, 0.5) is 0 Å². The van der Waals surface area contributed by atoms with E-state index in [1.807, 2.05) is 27.7 Å². The Morgan fingerprint density at radius 2 is 1.33 bits per heavy atom. The fourth-order valence-corrected chi connectivity index (χ4v) is 3.29. The van der Waals surface area contributed by atoms with E-state index in [0.29, 0.717) is 0 Å². The fraction of sp³-hybridized carbons (Fsp3) is 0.889. The summed E-state index contributed by atoms with van der Waals surface area (Å²) in [5, 5.41) is -2.06. The zero-order valence-electron chi connectivity index (χ0n) is 17.4. The molecule has 3 atom stereocenters. The van der Waals surface area contributed by atoms with E-state index in [4.69, 9.17) is 9.47 Å². The van der Waals surface area contributed by atoms with Gasteiger partial charge in [0.25, 0.3) is 0 Å². The summed E-state index contributed by atoms with van der Waals surface area (Å²) in [4.78, 5) is 23.9. The van der Waals surface area contributed by atoms with Gasteiger partial charge in [0.2, 0.25) is 0 Å². The minimum atomic E-state index is -5.01. The summed E-state index contributed by atoms with van der Waals surface area (Å²) in [5.74, 6) is -1.77. The van der Waals surface area contributed by atoms with Crippen LogP contribution < -0.4 is 29.6 Å². The van der Waals surface area contributed by atoms with Crippen LogP contribution in [0.15, 0.2) is 0 Å². The van der Waals surface area contributed by atoms with E-state index in [2.05, 4.69) is 0 Å². The summed E-state index contributed by atoms with van der Waals surface area (Å²) in [7, 11) is -5.01. The van der Waals surface area contributed by atoms with Crippen molar-refractivity contribution in [1.29, 1.82) is 0 Å². The van der Waals surface area contributed by atoms with Crippen molar-refractivity contribution in [3.05, 3.63) is 0 Å². The maximum atomic E-state index is 12.0. The van der Waals surface area contributed by atoms with Gasteiger partial charge in [-0.1, -0.05) is 53.4 Å². The number of hydrogen-bond donors (Lipinski definition) is 0. The minimum absolute atomic E-state index is 0. The van der Waals surface area contributed by atoms with Gasteiger partial charge in [-0.25, -0.2) is 8.42 Å². The van der Waals surface area contributed by atoms with Crippen molar-refractivity contribution < 1.29 is 61.6 Å². The van der Waals surface area contributed by atoms with Crippen LogP contribution in [-0.2, 0) is 29.2 Å². The molecule has 0 aromatic carbocycles. The van der Waals surface area contributed by atoms with Crippen molar-refractivity contribution in [2.45, 2.75) is 77.9 Å². The van der Waals surface area contributed by atoms with E-state index < -0.39 is 33.7 Å². The predicted octanol–water partition coefficient (Wildman–Crippen LogP) is 0.0333. The zero-order valence-corrected chi connectivity index (χ0v) is 20.2. The van der Waals surface area contributed by atoms with Gasteiger partial charge in [0.15, 0.2) is 5.25 Å². The molecule has 154 valence electrons. The number of ether oxygens (including phenoxy) is 2. The Balaban J connectivity index is 0. The Hall–Kier alpha value is -0.150. The Morgan fingerprint density at radius 3 is 1.70 bits per heavy atom. The smallest absolute Gasteiger partial charge is 0.747 e. The second kappa shape index (κ2) is 15.7. The molecule has 0 rings (SSSR count). The molecule has 0 aliphatic rings. The van der Waals surface area contributed by atoms with Crippen molar-refractivity contribution in [3.8, 4) is 0 Å². The SMILES string of the molecule is CCCC(CC)COC(=O)CC(C(=O)OCC(CC)CCC)S(=O)(=O)[O-].[Na+]. The van der Waals surface area contributed by atoms with Gasteiger partial charge in [-0.05, 0) is 24.7 Å². The molecule has 27 heavy (non-hydrogen) atoms. The van der Waals surface area contributed by atoms with Crippen LogP contribution in [0.3, 0.4) is 0 Å². The van der Waals surface area contributed by atoms with Gasteiger partial charge < -0.3 is 14.0 Å². The third-order valence-corrected chi connectivity index (χ3v) is 5.51. The largest absolute Gasteiger partial charge is 1.00 e. The molecule has 0 aliphatic carbocycles. The van der Waals surface area contributed by atoms with Gasteiger partial charge in [-0.2, -0.15) is 0 Å². The van der Waals surface area contributed by atoms with Crippen molar-refractivity contribution in [2.75, 3.05) is 13.2 Å². The Morgan fingerprint density at radius 1 is 0.889 bits per heavy atom. The first-order valence-corrected chi connectivity index (χ1v) is 10.9. The third kappa shape index (κ3) is 12.8. The van der Waals surface area contributed by atoms with Crippen molar-refractivity contribution in [1.82, 2.24) is 0 Å². The molecule has 7 nitrogen and oxygen atoms in total. The van der Waals surface area contributed by atoms with Crippen LogP contribution in [0, 0.1) is 11.8 Å². The average molecular weight is 417 g/mol. The van der Waals surface area contributed by atoms with Crippen LogP contribution in [0.25, 0.3) is 0 Å². The summed E-state index contributed by atoms with van der Waals surface area (Å²) < 4.78 is 44.2. The average Bonchev–Trinajstić information content (AvgIpc) is 2.58. The first-order chi connectivity index (χ1) is 12.2. The van der Waals surface area contributed by atoms with Gasteiger partial charge in [-0.3, -0.25) is 9.59 Å². The summed E-state index contributed by atoms with van der Waals surface area (Å²) in [6.07, 6.45) is 4.34. The summed E-state index contributed by atoms with van der Waals surface area (Å²) in [6, 6.07) is 0. The summed E-state index contributed by atoms with van der Waals surface area (Å²) in [6.45, 7) is 8.11. The molecule has 9 heteroatoms. The summed E-state index contributed by atoms with van der Waals surface area (Å²) >= 11 is 0. The number of rotatable bonds is 14. The van der Waals surface area contributed by atoms with Crippen molar-refractivity contribution >= 4 is 22.1 Å². The Kier molecular flexibility index (Phi) is 16.9. The maximum Gasteiger partial charge on any atom is 1.00 e. The molecular formula is C18H33NaO7S. The molecule has 0 aromatic heterocycles. The number of carbonyl (C=O) groups excluding carboxylic acids is 2. The van der Waals surface area contributed by atoms with Gasteiger partial charge in [0.05, 0.1) is 19.6 Å². The van der Waals surface area contributed by atoms with Crippen LogP contribution in [0.5, 0.6) is 0 Å². The topological polar surface area (TPSA) is 110 Å². The van der Waals surface area contributed by atoms with Crippen LogP contribution in [0.1, 0.15) is 72.6 Å². The molecule has 0 aliphatic heterocycles. The first-order valence-electron chi connectivity index (χ1n) is 9.46. The van der Waals surface area contributed by atoms with Crippen molar-refractivity contribution in [3.63, 3.8) is 0 Å². The third-order valence-electron chi connectivity index (χ3n) is 4.45. The zero-order chi connectivity index (χ0) is 20.2. The van der Waals surface area contributed by atoms with E-state index in [9.17, 15) is 22.6 Å². The molecule has 0 spiro atoms. The first kappa shape index (κ1) is 29.1. The molecule has 0 saturated carbocycles. The van der Waals surface area contributed by atoms with E-state index in [1.165, 1.54) is 0 Å². The number of hydrogen-bond acceptors (Lipinski definition) is 7. The van der Waals surface area contributed by atoms with Crippen LogP contribution in [0.2, 0.25) is 0 Å². The van der Waals surface area contributed by atoms with Gasteiger partial charge in [-0.15, -0.1) is 0 Å². The molecule has 0 saturated heterocycles. The van der Waals surface area contributed by atoms with E-state index in [-0.39, 0.29) is 54.6 Å². The monoisotopic (exact) mass is 416 g/mol. The molecule has 0 aromatic rings. The molecule has 3 unspecified atom stereocenters. The second-order valence-corrected chi connectivity index (χ2v) is 8.18. The molecule has 0 heterocycles. The number of carbonyl (C=O) groups is 2. The van der Waals surface area contributed by atoms with Gasteiger partial charge in [0.1, 0.15) is 10.1 Å². The fourth-order valence-electron chi connectivity index (χ4n) is 2.64. The molecule has 0 N–H and O–H groups in total. The second-order valence-electron chi connectivity index (χ2n) is 6.62.